The summed E-state index contributed by atoms with van der Waals surface area (Å²) in [6.45, 7) is 1.46. The van der Waals surface area contributed by atoms with Crippen LogP contribution in [0, 0.1) is 6.92 Å². The molecular weight excluding hydrogens is 278 g/mol. The molecule has 0 fully saturated rings. The van der Waals surface area contributed by atoms with Gasteiger partial charge in [-0.05, 0) is 12.5 Å². The highest BCUT2D eigenvalue weighted by Gasteiger charge is 2.28. The van der Waals surface area contributed by atoms with Crippen molar-refractivity contribution in [1.29, 1.82) is 0 Å². The Kier molecular flexibility index (Phi) is 4.22. The SMILES string of the molecule is Cc1[nH]nc(CO)c1S(=O)(=O)N(C)Cc1ccccc1. The van der Waals surface area contributed by atoms with Gasteiger partial charge in [-0.15, -0.1) is 0 Å². The molecule has 0 bridgehead atoms. The van der Waals surface area contributed by atoms with Gasteiger partial charge in [-0.25, -0.2) is 8.42 Å². The molecule has 7 heteroatoms. The number of sulfonamides is 1. The topological polar surface area (TPSA) is 86.3 Å². The summed E-state index contributed by atoms with van der Waals surface area (Å²) in [5.74, 6) is 0. The fraction of sp³-hybridized carbons (Fsp3) is 0.308. The second-order valence-electron chi connectivity index (χ2n) is 4.53. The van der Waals surface area contributed by atoms with Crippen LogP contribution in [0.15, 0.2) is 35.2 Å². The molecule has 2 aromatic rings. The highest BCUT2D eigenvalue weighted by molar-refractivity contribution is 7.89. The van der Waals surface area contributed by atoms with E-state index in [9.17, 15) is 13.5 Å². The van der Waals surface area contributed by atoms with Crippen LogP contribution in [-0.4, -0.2) is 35.1 Å². The van der Waals surface area contributed by atoms with Crippen LogP contribution in [0.2, 0.25) is 0 Å². The van der Waals surface area contributed by atoms with E-state index < -0.39 is 16.6 Å². The smallest absolute Gasteiger partial charge is 0.246 e. The van der Waals surface area contributed by atoms with Crippen molar-refractivity contribution in [2.75, 3.05) is 7.05 Å². The number of benzene rings is 1. The molecular formula is C13H17N3O3S. The Hall–Kier alpha value is -1.70. The van der Waals surface area contributed by atoms with E-state index in [0.717, 1.165) is 5.56 Å². The fourth-order valence-electron chi connectivity index (χ4n) is 2.00. The average molecular weight is 295 g/mol. The summed E-state index contributed by atoms with van der Waals surface area (Å²) in [4.78, 5) is 0.0541. The van der Waals surface area contributed by atoms with Crippen LogP contribution >= 0.6 is 0 Å². The summed E-state index contributed by atoms with van der Waals surface area (Å²) in [7, 11) is -2.18. The third kappa shape index (κ3) is 2.74. The first kappa shape index (κ1) is 14.7. The van der Waals surface area contributed by atoms with Crippen molar-refractivity contribution in [2.45, 2.75) is 25.0 Å². The summed E-state index contributed by atoms with van der Waals surface area (Å²) in [5, 5.41) is 15.6. The number of H-pyrrole nitrogens is 1. The summed E-state index contributed by atoms with van der Waals surface area (Å²) < 4.78 is 26.4. The first-order valence-corrected chi connectivity index (χ1v) is 7.55. The zero-order chi connectivity index (χ0) is 14.8. The van der Waals surface area contributed by atoms with Crippen molar-refractivity contribution in [3.8, 4) is 0 Å². The van der Waals surface area contributed by atoms with Crippen molar-refractivity contribution in [2.24, 2.45) is 0 Å². The van der Waals surface area contributed by atoms with Gasteiger partial charge in [-0.2, -0.15) is 9.40 Å². The monoisotopic (exact) mass is 295 g/mol. The minimum Gasteiger partial charge on any atom is -0.390 e. The van der Waals surface area contributed by atoms with Gasteiger partial charge in [0.1, 0.15) is 10.6 Å². The predicted octanol–water partition coefficient (Wildman–Crippen LogP) is 1.03. The molecule has 0 atom stereocenters. The Bertz CT molecular complexity index is 680. The van der Waals surface area contributed by atoms with Crippen molar-refractivity contribution >= 4 is 10.0 Å². The Morgan fingerprint density at radius 1 is 1.30 bits per heavy atom. The number of aliphatic hydroxyl groups is 1. The van der Waals surface area contributed by atoms with E-state index in [2.05, 4.69) is 10.2 Å². The number of aromatic nitrogens is 2. The molecule has 0 unspecified atom stereocenters. The molecule has 2 rings (SSSR count). The summed E-state index contributed by atoms with van der Waals surface area (Å²) in [6.07, 6.45) is 0. The molecule has 0 radical (unpaired) electrons. The molecule has 0 spiro atoms. The minimum absolute atomic E-state index is 0.0541. The highest BCUT2D eigenvalue weighted by Crippen LogP contribution is 2.22. The minimum atomic E-state index is -3.69. The molecule has 1 aromatic heterocycles. The van der Waals surface area contributed by atoms with Crippen LogP contribution in [0.25, 0.3) is 0 Å². The first-order chi connectivity index (χ1) is 9.46. The second kappa shape index (κ2) is 5.74. The van der Waals surface area contributed by atoms with E-state index in [1.807, 2.05) is 30.3 Å². The Morgan fingerprint density at radius 2 is 1.95 bits per heavy atom. The van der Waals surface area contributed by atoms with Crippen molar-refractivity contribution in [3.63, 3.8) is 0 Å². The van der Waals surface area contributed by atoms with E-state index in [4.69, 9.17) is 0 Å². The molecule has 0 aliphatic carbocycles. The normalized spacial score (nSPS) is 12.0. The van der Waals surface area contributed by atoms with Crippen LogP contribution in [0.4, 0.5) is 0 Å². The number of rotatable bonds is 5. The van der Waals surface area contributed by atoms with E-state index in [-0.39, 0.29) is 17.1 Å². The molecule has 1 heterocycles. The first-order valence-electron chi connectivity index (χ1n) is 6.11. The van der Waals surface area contributed by atoms with Gasteiger partial charge in [0.15, 0.2) is 0 Å². The van der Waals surface area contributed by atoms with Crippen LogP contribution in [0.3, 0.4) is 0 Å². The molecule has 0 saturated carbocycles. The van der Waals surface area contributed by atoms with Gasteiger partial charge in [0.2, 0.25) is 10.0 Å². The number of aliphatic hydroxyl groups excluding tert-OH is 1. The van der Waals surface area contributed by atoms with Crippen molar-refractivity contribution in [1.82, 2.24) is 14.5 Å². The van der Waals surface area contributed by atoms with E-state index in [1.165, 1.54) is 11.4 Å². The molecule has 0 aliphatic rings. The summed E-state index contributed by atoms with van der Waals surface area (Å²) >= 11 is 0. The molecule has 20 heavy (non-hydrogen) atoms. The number of hydrogen-bond acceptors (Lipinski definition) is 4. The maximum atomic E-state index is 12.6. The third-order valence-electron chi connectivity index (χ3n) is 3.03. The van der Waals surface area contributed by atoms with Crippen LogP contribution in [0.1, 0.15) is 17.0 Å². The van der Waals surface area contributed by atoms with Crippen LogP contribution in [0.5, 0.6) is 0 Å². The lowest BCUT2D eigenvalue weighted by molar-refractivity contribution is 0.273. The molecule has 2 N–H and O–H groups in total. The zero-order valence-corrected chi connectivity index (χ0v) is 12.2. The Balaban J connectivity index is 2.32. The maximum Gasteiger partial charge on any atom is 0.246 e. The van der Waals surface area contributed by atoms with Crippen LogP contribution in [-0.2, 0) is 23.2 Å². The Morgan fingerprint density at radius 3 is 2.55 bits per heavy atom. The lowest BCUT2D eigenvalue weighted by atomic mass is 10.2. The standard InChI is InChI=1S/C13H17N3O3S/c1-10-13(12(9-17)15-14-10)20(18,19)16(2)8-11-6-4-3-5-7-11/h3-7,17H,8-9H2,1-2H3,(H,14,15). The number of aryl methyl sites for hydroxylation is 1. The van der Waals surface area contributed by atoms with Gasteiger partial charge in [0, 0.05) is 13.6 Å². The predicted molar refractivity (Wildman–Crippen MR) is 74.3 cm³/mol. The quantitative estimate of drug-likeness (QED) is 0.862. The number of nitrogens with zero attached hydrogens (tertiary/aromatic N) is 2. The largest absolute Gasteiger partial charge is 0.390 e. The van der Waals surface area contributed by atoms with E-state index in [1.54, 1.807) is 6.92 Å². The summed E-state index contributed by atoms with van der Waals surface area (Å²) in [6, 6.07) is 9.32. The van der Waals surface area contributed by atoms with Gasteiger partial charge in [-0.1, -0.05) is 30.3 Å². The van der Waals surface area contributed by atoms with Crippen molar-refractivity contribution in [3.05, 3.63) is 47.3 Å². The zero-order valence-electron chi connectivity index (χ0n) is 11.4. The third-order valence-corrected chi connectivity index (χ3v) is 5.03. The van der Waals surface area contributed by atoms with E-state index >= 15 is 0 Å². The van der Waals surface area contributed by atoms with Crippen LogP contribution < -0.4 is 0 Å². The molecule has 1 aromatic carbocycles. The van der Waals surface area contributed by atoms with Gasteiger partial charge < -0.3 is 5.11 Å². The maximum absolute atomic E-state index is 12.6. The fourth-order valence-corrected chi connectivity index (χ4v) is 3.47. The van der Waals surface area contributed by atoms with Crippen molar-refractivity contribution < 1.29 is 13.5 Å². The lowest BCUT2D eigenvalue weighted by Gasteiger charge is -2.17. The molecule has 108 valence electrons. The molecule has 0 saturated heterocycles. The molecule has 0 aliphatic heterocycles. The van der Waals surface area contributed by atoms with Gasteiger partial charge in [0.05, 0.1) is 12.3 Å². The average Bonchev–Trinajstić information content (AvgIpc) is 2.81. The van der Waals surface area contributed by atoms with Gasteiger partial charge in [0.25, 0.3) is 0 Å². The highest BCUT2D eigenvalue weighted by atomic mass is 32.2. The lowest BCUT2D eigenvalue weighted by Crippen LogP contribution is -2.27. The number of aromatic amines is 1. The number of hydrogen-bond donors (Lipinski definition) is 2. The Labute approximate surface area is 118 Å². The summed E-state index contributed by atoms with van der Waals surface area (Å²) in [5.41, 5.74) is 1.46. The second-order valence-corrected chi connectivity index (χ2v) is 6.51. The van der Waals surface area contributed by atoms with Gasteiger partial charge >= 0.3 is 0 Å². The molecule has 6 nitrogen and oxygen atoms in total. The number of nitrogens with one attached hydrogen (secondary N) is 1. The molecule has 0 amide bonds. The van der Waals surface area contributed by atoms with E-state index in [0.29, 0.717) is 5.69 Å². The van der Waals surface area contributed by atoms with Gasteiger partial charge in [-0.3, -0.25) is 5.10 Å².